The van der Waals surface area contributed by atoms with Gasteiger partial charge in [-0.3, -0.25) is 0 Å². The van der Waals surface area contributed by atoms with E-state index in [1.165, 1.54) is 13.0 Å². The number of carbonyl (C=O) groups is 2. The van der Waals surface area contributed by atoms with Crippen LogP contribution in [0, 0.1) is 20.8 Å². The van der Waals surface area contributed by atoms with E-state index in [-0.39, 0.29) is 5.57 Å². The normalized spacial score (nSPS) is 11.9. The third-order valence-electron chi connectivity index (χ3n) is 4.37. The molecule has 0 radical (unpaired) electrons. The molecule has 0 aliphatic carbocycles. The van der Waals surface area contributed by atoms with Crippen molar-refractivity contribution in [2.24, 2.45) is 0 Å². The Labute approximate surface area is 160 Å². The SMILES string of the molecule is COc1cc(C)c(/C=C/C(C)=C/C=C\C(C)=C(C(=O)O)C(=O)O)c(C)c1C. The molecule has 0 amide bonds. The number of aliphatic carboxylic acids is 2. The smallest absolute Gasteiger partial charge is 0.343 e. The molecule has 0 saturated carbocycles. The van der Waals surface area contributed by atoms with Crippen LogP contribution in [0.3, 0.4) is 0 Å². The highest BCUT2D eigenvalue weighted by molar-refractivity contribution is 6.13. The van der Waals surface area contributed by atoms with Crippen molar-refractivity contribution in [3.8, 4) is 5.75 Å². The second-order valence-corrected chi connectivity index (χ2v) is 6.33. The molecular formula is C22H26O5. The second-order valence-electron chi connectivity index (χ2n) is 6.33. The van der Waals surface area contributed by atoms with Crippen LogP contribution in [0.4, 0.5) is 0 Å². The predicted octanol–water partition coefficient (Wildman–Crippen LogP) is 4.62. The topological polar surface area (TPSA) is 83.8 Å². The summed E-state index contributed by atoms with van der Waals surface area (Å²) in [5.74, 6) is -2.04. The summed E-state index contributed by atoms with van der Waals surface area (Å²) in [7, 11) is 1.66. The number of rotatable bonds is 7. The van der Waals surface area contributed by atoms with Crippen LogP contribution in [-0.2, 0) is 9.59 Å². The Morgan fingerprint density at radius 1 is 1.00 bits per heavy atom. The molecular weight excluding hydrogens is 344 g/mol. The maximum absolute atomic E-state index is 11.0. The predicted molar refractivity (Wildman–Crippen MR) is 107 cm³/mol. The van der Waals surface area contributed by atoms with Crippen molar-refractivity contribution in [1.82, 2.24) is 0 Å². The maximum Gasteiger partial charge on any atom is 0.343 e. The first-order valence-corrected chi connectivity index (χ1v) is 8.45. The lowest BCUT2D eigenvalue weighted by molar-refractivity contribution is -0.140. The lowest BCUT2D eigenvalue weighted by atomic mass is 9.96. The zero-order valence-electron chi connectivity index (χ0n) is 16.6. The molecule has 0 saturated heterocycles. The van der Waals surface area contributed by atoms with Gasteiger partial charge in [0, 0.05) is 0 Å². The van der Waals surface area contributed by atoms with E-state index in [0.717, 1.165) is 33.6 Å². The van der Waals surface area contributed by atoms with Gasteiger partial charge >= 0.3 is 11.9 Å². The highest BCUT2D eigenvalue weighted by atomic mass is 16.5. The van der Waals surface area contributed by atoms with Gasteiger partial charge < -0.3 is 14.9 Å². The summed E-state index contributed by atoms with van der Waals surface area (Å²) in [5.41, 5.74) is 4.98. The monoisotopic (exact) mass is 370 g/mol. The Balaban J connectivity index is 3.08. The van der Waals surface area contributed by atoms with Gasteiger partial charge in [-0.1, -0.05) is 36.0 Å². The molecule has 0 heterocycles. The Morgan fingerprint density at radius 3 is 2.11 bits per heavy atom. The zero-order valence-corrected chi connectivity index (χ0v) is 16.6. The first kappa shape index (κ1) is 22.0. The van der Waals surface area contributed by atoms with Crippen molar-refractivity contribution in [1.29, 1.82) is 0 Å². The molecule has 0 bridgehead atoms. The molecule has 1 rings (SSSR count). The van der Waals surface area contributed by atoms with Crippen LogP contribution in [0.1, 0.15) is 36.1 Å². The summed E-state index contributed by atoms with van der Waals surface area (Å²) in [6.07, 6.45) is 8.89. The zero-order chi connectivity index (χ0) is 20.7. The molecule has 1 aromatic carbocycles. The van der Waals surface area contributed by atoms with Crippen LogP contribution in [0.25, 0.3) is 6.08 Å². The van der Waals surface area contributed by atoms with Crippen LogP contribution < -0.4 is 4.74 Å². The maximum atomic E-state index is 11.0. The van der Waals surface area contributed by atoms with Gasteiger partial charge in [-0.2, -0.15) is 0 Å². The average molecular weight is 370 g/mol. The highest BCUT2D eigenvalue weighted by Crippen LogP contribution is 2.28. The van der Waals surface area contributed by atoms with Crippen molar-refractivity contribution in [3.63, 3.8) is 0 Å². The minimum atomic E-state index is -1.45. The van der Waals surface area contributed by atoms with Crippen molar-refractivity contribution in [2.45, 2.75) is 34.6 Å². The number of aryl methyl sites for hydroxylation is 1. The van der Waals surface area contributed by atoms with Crippen LogP contribution in [0.2, 0.25) is 0 Å². The van der Waals surface area contributed by atoms with E-state index in [1.54, 1.807) is 19.3 Å². The van der Waals surface area contributed by atoms with Crippen LogP contribution in [0.5, 0.6) is 5.75 Å². The minimum absolute atomic E-state index is 0.181. The number of ether oxygens (including phenoxy) is 1. The largest absolute Gasteiger partial charge is 0.496 e. The number of hydrogen-bond donors (Lipinski definition) is 2. The molecule has 0 aromatic heterocycles. The number of allylic oxidation sites excluding steroid dienone is 6. The third kappa shape index (κ3) is 5.71. The van der Waals surface area contributed by atoms with Gasteiger partial charge in [0.05, 0.1) is 7.11 Å². The molecule has 144 valence electrons. The van der Waals surface area contributed by atoms with Gasteiger partial charge in [0.15, 0.2) is 0 Å². The third-order valence-corrected chi connectivity index (χ3v) is 4.37. The van der Waals surface area contributed by atoms with Crippen LogP contribution in [-0.4, -0.2) is 29.3 Å². The molecule has 2 N–H and O–H groups in total. The summed E-state index contributed by atoms with van der Waals surface area (Å²) in [5, 5.41) is 17.9. The summed E-state index contributed by atoms with van der Waals surface area (Å²) in [6.45, 7) is 9.47. The average Bonchev–Trinajstić information content (AvgIpc) is 2.57. The van der Waals surface area contributed by atoms with Gasteiger partial charge in [-0.25, -0.2) is 9.59 Å². The highest BCUT2D eigenvalue weighted by Gasteiger charge is 2.17. The molecule has 5 nitrogen and oxygen atoms in total. The summed E-state index contributed by atoms with van der Waals surface area (Å²) >= 11 is 0. The van der Waals surface area contributed by atoms with Gasteiger partial charge in [0.25, 0.3) is 0 Å². The molecule has 0 spiro atoms. The molecule has 0 atom stereocenters. The van der Waals surface area contributed by atoms with Crippen molar-refractivity contribution in [3.05, 3.63) is 69.3 Å². The Morgan fingerprint density at radius 2 is 1.59 bits per heavy atom. The lowest BCUT2D eigenvalue weighted by Crippen LogP contribution is -2.12. The van der Waals surface area contributed by atoms with Crippen LogP contribution in [0.15, 0.2) is 47.1 Å². The van der Waals surface area contributed by atoms with E-state index < -0.39 is 17.5 Å². The number of methoxy groups -OCH3 is 1. The van der Waals surface area contributed by atoms with E-state index in [1.807, 2.05) is 39.0 Å². The fourth-order valence-corrected chi connectivity index (χ4v) is 2.66. The summed E-state index contributed by atoms with van der Waals surface area (Å²) in [4.78, 5) is 21.9. The number of benzene rings is 1. The second kappa shape index (κ2) is 9.57. The summed E-state index contributed by atoms with van der Waals surface area (Å²) in [6, 6.07) is 2.01. The van der Waals surface area contributed by atoms with E-state index >= 15 is 0 Å². The first-order chi connectivity index (χ1) is 12.6. The molecule has 5 heteroatoms. The van der Waals surface area contributed by atoms with E-state index in [4.69, 9.17) is 14.9 Å². The molecule has 1 aromatic rings. The lowest BCUT2D eigenvalue weighted by Gasteiger charge is -2.13. The molecule has 0 fully saturated rings. The van der Waals surface area contributed by atoms with Crippen molar-refractivity contribution < 1.29 is 24.5 Å². The first-order valence-electron chi connectivity index (χ1n) is 8.45. The molecule has 0 unspecified atom stereocenters. The van der Waals surface area contributed by atoms with Crippen molar-refractivity contribution >= 4 is 18.0 Å². The minimum Gasteiger partial charge on any atom is -0.496 e. The fraction of sp³-hybridized carbons (Fsp3) is 0.273. The molecule has 0 aliphatic heterocycles. The van der Waals surface area contributed by atoms with Crippen molar-refractivity contribution in [2.75, 3.05) is 7.11 Å². The van der Waals surface area contributed by atoms with E-state index in [9.17, 15) is 9.59 Å². The number of carboxylic acids is 2. The fourth-order valence-electron chi connectivity index (χ4n) is 2.66. The standard InChI is InChI=1S/C22H26O5/c1-13(8-7-9-14(2)20(21(23)24)22(25)26)10-11-18-15(3)12-19(27-6)17(5)16(18)4/h7-12H,1-6H3,(H,23,24)(H,25,26)/b9-7-,11-10+,13-8+. The number of carboxylic acid groups (broad SMARTS) is 2. The van der Waals surface area contributed by atoms with Gasteiger partial charge in [0.1, 0.15) is 11.3 Å². The Hall–Kier alpha value is -3.08. The molecule has 0 aliphatic rings. The molecule has 27 heavy (non-hydrogen) atoms. The quantitative estimate of drug-likeness (QED) is 0.317. The van der Waals surface area contributed by atoms with Gasteiger partial charge in [-0.05, 0) is 68.5 Å². The van der Waals surface area contributed by atoms with Gasteiger partial charge in [-0.15, -0.1) is 0 Å². The van der Waals surface area contributed by atoms with Crippen LogP contribution >= 0.6 is 0 Å². The van der Waals surface area contributed by atoms with E-state index in [2.05, 4.69) is 6.92 Å². The van der Waals surface area contributed by atoms with Gasteiger partial charge in [0.2, 0.25) is 0 Å². The Kier molecular flexibility index (Phi) is 7.79. The Bertz CT molecular complexity index is 851. The number of hydrogen-bond acceptors (Lipinski definition) is 3. The van der Waals surface area contributed by atoms with E-state index in [0.29, 0.717) is 0 Å². The summed E-state index contributed by atoms with van der Waals surface area (Å²) < 4.78 is 5.38.